The van der Waals surface area contributed by atoms with Crippen molar-refractivity contribution in [1.82, 2.24) is 4.90 Å². The van der Waals surface area contributed by atoms with E-state index in [-0.39, 0.29) is 42.0 Å². The van der Waals surface area contributed by atoms with Crippen molar-refractivity contribution in [1.29, 1.82) is 0 Å². The van der Waals surface area contributed by atoms with Gasteiger partial charge in [0.1, 0.15) is 6.61 Å². The molecule has 0 spiro atoms. The zero-order chi connectivity index (χ0) is 28.0. The number of terminal acetylenes is 1. The molecule has 1 aliphatic heterocycles. The largest absolute Gasteiger partial charge is 0.493 e. The van der Waals surface area contributed by atoms with Gasteiger partial charge in [-0.2, -0.15) is 0 Å². The van der Waals surface area contributed by atoms with Crippen LogP contribution in [0.25, 0.3) is 0 Å². The van der Waals surface area contributed by atoms with E-state index in [1.54, 1.807) is 7.11 Å². The molecule has 3 aliphatic rings. The maximum absolute atomic E-state index is 13.9. The topological polar surface area (TPSA) is 93.1 Å². The predicted octanol–water partition coefficient (Wildman–Crippen LogP) is 5.47. The Kier molecular flexibility index (Phi) is 7.72. The highest BCUT2D eigenvalue weighted by molar-refractivity contribution is 14.1. The van der Waals surface area contributed by atoms with Gasteiger partial charge >= 0.3 is 5.97 Å². The number of carbonyl (C=O) groups excluding carboxylic acids is 2. The molecule has 0 atom stereocenters. The summed E-state index contributed by atoms with van der Waals surface area (Å²) in [5.74, 6) is 1.97. The van der Waals surface area contributed by atoms with Crippen LogP contribution in [0.3, 0.4) is 0 Å². The number of hydrogen-bond acceptors (Lipinski definition) is 6. The second-order valence-corrected chi connectivity index (χ2v) is 13.0. The Balaban J connectivity index is 1.99. The number of nitrogens with zero attached hydrogens (tertiary/aromatic N) is 1. The first-order valence-electron chi connectivity index (χ1n) is 12.7. The average Bonchev–Trinajstić information content (AvgIpc) is 2.79. The number of halogens is 1. The molecule has 1 aromatic carbocycles. The summed E-state index contributed by atoms with van der Waals surface area (Å²) in [6.07, 6.45) is 7.25. The first kappa shape index (κ1) is 28.2. The van der Waals surface area contributed by atoms with E-state index in [1.165, 1.54) is 0 Å². The number of hydrogen-bond donors (Lipinski definition) is 1. The summed E-state index contributed by atoms with van der Waals surface area (Å²) < 4.78 is 12.2. The Morgan fingerprint density at radius 3 is 2.11 bits per heavy atom. The lowest BCUT2D eigenvalue weighted by molar-refractivity contribution is -0.137. The van der Waals surface area contributed by atoms with Gasteiger partial charge in [-0.05, 0) is 64.0 Å². The number of Topliss-reactive ketones (excluding diaryl/α,β-unsaturated/α-hetero) is 2. The maximum Gasteiger partial charge on any atom is 0.305 e. The van der Waals surface area contributed by atoms with Crippen molar-refractivity contribution in [3.05, 3.63) is 43.8 Å². The molecule has 0 radical (unpaired) electrons. The van der Waals surface area contributed by atoms with E-state index >= 15 is 0 Å². The quantitative estimate of drug-likeness (QED) is 0.315. The molecule has 8 heteroatoms. The summed E-state index contributed by atoms with van der Waals surface area (Å²) in [6, 6.07) is 3.77. The molecule has 0 saturated carbocycles. The van der Waals surface area contributed by atoms with E-state index in [1.807, 2.05) is 17.0 Å². The zero-order valence-corrected chi connectivity index (χ0v) is 24.7. The fourth-order valence-corrected chi connectivity index (χ4v) is 6.80. The second kappa shape index (κ2) is 10.4. The minimum Gasteiger partial charge on any atom is -0.493 e. The van der Waals surface area contributed by atoms with Crippen LogP contribution in [0.1, 0.15) is 71.3 Å². The minimum atomic E-state index is -0.916. The highest BCUT2D eigenvalue weighted by Crippen LogP contribution is 2.55. The Morgan fingerprint density at radius 2 is 1.63 bits per heavy atom. The number of carbonyl (C=O) groups is 3. The molecule has 0 amide bonds. The Bertz CT molecular complexity index is 1260. The van der Waals surface area contributed by atoms with Crippen molar-refractivity contribution < 1.29 is 29.0 Å². The van der Waals surface area contributed by atoms with Gasteiger partial charge in [-0.15, -0.1) is 6.42 Å². The lowest BCUT2D eigenvalue weighted by Crippen LogP contribution is -2.45. The first-order chi connectivity index (χ1) is 17.8. The van der Waals surface area contributed by atoms with Crippen LogP contribution in [0.5, 0.6) is 11.5 Å². The van der Waals surface area contributed by atoms with Crippen molar-refractivity contribution in [2.75, 3.05) is 20.3 Å². The summed E-state index contributed by atoms with van der Waals surface area (Å²) in [4.78, 5) is 41.3. The number of ketones is 2. The molecular formula is C30H34INO6. The van der Waals surface area contributed by atoms with Crippen LogP contribution in [0.2, 0.25) is 0 Å². The van der Waals surface area contributed by atoms with Gasteiger partial charge in [0, 0.05) is 47.8 Å². The number of ether oxygens (including phenoxy) is 2. The standard InChI is InChI=1S/C30H34INO6/c1-7-10-38-28-18(31)11-17(12-23(28)37-6)25-26-19(13-29(2,3)15-21(26)33)32(9-8-24(35)36)20-14-30(4,5)16-22(34)27(20)25/h1,11-12,25H,8-10,13-16H2,2-6H3,(H,35,36). The van der Waals surface area contributed by atoms with Crippen LogP contribution in [0, 0.1) is 26.7 Å². The third-order valence-electron chi connectivity index (χ3n) is 7.46. The third kappa shape index (κ3) is 5.35. The van der Waals surface area contributed by atoms with Crippen LogP contribution < -0.4 is 9.47 Å². The van der Waals surface area contributed by atoms with E-state index in [0.29, 0.717) is 48.3 Å². The number of methoxy groups -OCH3 is 1. The Hall–Kier alpha value is -2.80. The van der Waals surface area contributed by atoms with E-state index < -0.39 is 11.9 Å². The smallest absolute Gasteiger partial charge is 0.305 e. The molecule has 1 aromatic rings. The molecule has 0 unspecified atom stereocenters. The zero-order valence-electron chi connectivity index (χ0n) is 22.6. The van der Waals surface area contributed by atoms with Crippen LogP contribution in [0.15, 0.2) is 34.7 Å². The van der Waals surface area contributed by atoms with Gasteiger partial charge in [-0.1, -0.05) is 33.6 Å². The third-order valence-corrected chi connectivity index (χ3v) is 8.26. The van der Waals surface area contributed by atoms with Gasteiger partial charge in [-0.3, -0.25) is 14.4 Å². The van der Waals surface area contributed by atoms with Crippen molar-refractivity contribution in [3.63, 3.8) is 0 Å². The van der Waals surface area contributed by atoms with E-state index in [4.69, 9.17) is 15.9 Å². The number of benzene rings is 1. The highest BCUT2D eigenvalue weighted by Gasteiger charge is 2.49. The molecule has 0 fully saturated rings. The van der Waals surface area contributed by atoms with Gasteiger partial charge in [-0.25, -0.2) is 0 Å². The Labute approximate surface area is 237 Å². The predicted molar refractivity (Wildman–Crippen MR) is 152 cm³/mol. The number of carboxylic acid groups (broad SMARTS) is 1. The summed E-state index contributed by atoms with van der Waals surface area (Å²) in [7, 11) is 1.55. The van der Waals surface area contributed by atoms with E-state index in [9.17, 15) is 19.5 Å². The van der Waals surface area contributed by atoms with Crippen LogP contribution >= 0.6 is 22.6 Å². The number of aliphatic carboxylic acids is 1. The molecule has 202 valence electrons. The second-order valence-electron chi connectivity index (χ2n) is 11.9. The maximum atomic E-state index is 13.9. The van der Waals surface area contributed by atoms with E-state index in [0.717, 1.165) is 20.5 Å². The van der Waals surface area contributed by atoms with Crippen molar-refractivity contribution in [3.8, 4) is 23.8 Å². The van der Waals surface area contributed by atoms with Gasteiger partial charge in [0.25, 0.3) is 0 Å². The fraction of sp³-hybridized carbons (Fsp3) is 0.500. The lowest BCUT2D eigenvalue weighted by atomic mass is 9.63. The van der Waals surface area contributed by atoms with Gasteiger partial charge < -0.3 is 19.5 Å². The van der Waals surface area contributed by atoms with Crippen molar-refractivity contribution in [2.24, 2.45) is 10.8 Å². The molecule has 7 nitrogen and oxygen atoms in total. The molecule has 4 rings (SSSR count). The van der Waals surface area contributed by atoms with E-state index in [2.05, 4.69) is 56.2 Å². The highest BCUT2D eigenvalue weighted by atomic mass is 127. The summed E-state index contributed by atoms with van der Waals surface area (Å²) in [5, 5.41) is 9.52. The monoisotopic (exact) mass is 631 g/mol. The molecule has 0 saturated heterocycles. The molecule has 0 bridgehead atoms. The number of allylic oxidation sites excluding steroid dienone is 4. The SMILES string of the molecule is C#CCOc1c(I)cc(C2C3=C(CC(C)(C)CC3=O)N(CCC(=O)O)C3=C2C(=O)CC(C)(C)C3)cc1OC. The molecule has 1 heterocycles. The summed E-state index contributed by atoms with van der Waals surface area (Å²) in [5.41, 5.74) is 3.07. The molecule has 0 aromatic heterocycles. The van der Waals surface area contributed by atoms with Gasteiger partial charge in [0.05, 0.1) is 17.1 Å². The summed E-state index contributed by atoms with van der Waals surface area (Å²) >= 11 is 2.16. The molecule has 1 N–H and O–H groups in total. The van der Waals surface area contributed by atoms with Crippen LogP contribution in [0.4, 0.5) is 0 Å². The van der Waals surface area contributed by atoms with Gasteiger partial charge in [0.2, 0.25) is 0 Å². The Morgan fingerprint density at radius 1 is 1.08 bits per heavy atom. The molecule has 38 heavy (non-hydrogen) atoms. The average molecular weight is 632 g/mol. The van der Waals surface area contributed by atoms with Crippen molar-refractivity contribution >= 4 is 40.1 Å². The van der Waals surface area contributed by atoms with Gasteiger partial charge in [0.15, 0.2) is 23.1 Å². The summed E-state index contributed by atoms with van der Waals surface area (Å²) in [6.45, 7) is 8.53. The number of rotatable bonds is 7. The van der Waals surface area contributed by atoms with Crippen LogP contribution in [-0.4, -0.2) is 47.8 Å². The fourth-order valence-electron chi connectivity index (χ4n) is 6.02. The number of carboxylic acids is 1. The normalized spacial score (nSPS) is 20.6. The first-order valence-corrected chi connectivity index (χ1v) is 13.8. The van der Waals surface area contributed by atoms with Crippen LogP contribution in [-0.2, 0) is 14.4 Å². The molecular weight excluding hydrogens is 597 g/mol. The molecule has 2 aliphatic carbocycles. The lowest BCUT2D eigenvalue weighted by Gasteiger charge is -2.49. The van der Waals surface area contributed by atoms with Crippen molar-refractivity contribution in [2.45, 2.75) is 65.7 Å². The minimum absolute atomic E-state index is 0.00704.